The van der Waals surface area contributed by atoms with Gasteiger partial charge in [0, 0.05) is 0 Å². The molecule has 0 bridgehead atoms. The van der Waals surface area contributed by atoms with Gasteiger partial charge in [0.05, 0.1) is 6.04 Å². The third kappa shape index (κ3) is 5.68. The third-order valence-electron chi connectivity index (χ3n) is 3.37. The standard InChI is InChI=1S/C12H23N3O2/c1-9(11(16)15-12(13)17)14-10-7-5-3-2-4-6-8-10/h9-10,14H,2-8H2,1H3,(H3,13,15,16,17)/p+1/t9-/m0/s1. The van der Waals surface area contributed by atoms with E-state index < -0.39 is 6.03 Å². The van der Waals surface area contributed by atoms with Crippen LogP contribution in [0.2, 0.25) is 0 Å². The van der Waals surface area contributed by atoms with E-state index in [0.29, 0.717) is 6.04 Å². The summed E-state index contributed by atoms with van der Waals surface area (Å²) in [6, 6.07) is -0.510. The zero-order valence-corrected chi connectivity index (χ0v) is 10.6. The maximum atomic E-state index is 11.5. The lowest BCUT2D eigenvalue weighted by atomic mass is 9.96. The Balaban J connectivity index is 2.34. The van der Waals surface area contributed by atoms with Crippen LogP contribution < -0.4 is 16.4 Å². The van der Waals surface area contributed by atoms with Crippen LogP contribution in [0.15, 0.2) is 0 Å². The minimum Gasteiger partial charge on any atom is -0.351 e. The molecule has 0 radical (unpaired) electrons. The normalized spacial score (nSPS) is 20.1. The summed E-state index contributed by atoms with van der Waals surface area (Å²) < 4.78 is 0. The third-order valence-corrected chi connectivity index (χ3v) is 3.37. The van der Waals surface area contributed by atoms with E-state index in [2.05, 4.69) is 10.6 Å². The van der Waals surface area contributed by atoms with Crippen molar-refractivity contribution in [3.05, 3.63) is 0 Å². The van der Waals surface area contributed by atoms with E-state index in [1.807, 2.05) is 6.92 Å². The second-order valence-electron chi connectivity index (χ2n) is 4.94. The molecule has 98 valence electrons. The number of imide groups is 1. The largest absolute Gasteiger partial charge is 0.351 e. The molecule has 1 fully saturated rings. The van der Waals surface area contributed by atoms with Gasteiger partial charge in [-0.05, 0) is 32.6 Å². The first-order valence-corrected chi connectivity index (χ1v) is 6.55. The number of hydrogen-bond donors (Lipinski definition) is 3. The number of amides is 3. The molecule has 5 N–H and O–H groups in total. The number of carbonyl (C=O) groups excluding carboxylic acids is 2. The number of hydrogen-bond acceptors (Lipinski definition) is 2. The van der Waals surface area contributed by atoms with Gasteiger partial charge in [-0.15, -0.1) is 0 Å². The first-order chi connectivity index (χ1) is 8.09. The molecule has 0 saturated heterocycles. The summed E-state index contributed by atoms with van der Waals surface area (Å²) in [5.41, 5.74) is 4.93. The fourth-order valence-electron chi connectivity index (χ4n) is 2.41. The van der Waals surface area contributed by atoms with Crippen molar-refractivity contribution in [1.82, 2.24) is 5.32 Å². The molecule has 0 spiro atoms. The highest BCUT2D eigenvalue weighted by Gasteiger charge is 2.22. The Morgan fingerprint density at radius 3 is 2.24 bits per heavy atom. The SMILES string of the molecule is C[C@H]([NH2+]C1CCCCCCC1)C(=O)NC(N)=O. The summed E-state index contributed by atoms with van der Waals surface area (Å²) >= 11 is 0. The van der Waals surface area contributed by atoms with E-state index in [-0.39, 0.29) is 11.9 Å². The summed E-state index contributed by atoms with van der Waals surface area (Å²) in [5, 5.41) is 4.20. The average molecular weight is 242 g/mol. The first-order valence-electron chi connectivity index (χ1n) is 6.55. The predicted molar refractivity (Wildman–Crippen MR) is 65.2 cm³/mol. The van der Waals surface area contributed by atoms with Gasteiger partial charge in [-0.3, -0.25) is 10.1 Å². The van der Waals surface area contributed by atoms with Crippen LogP contribution in [0.4, 0.5) is 4.79 Å². The zero-order valence-electron chi connectivity index (χ0n) is 10.6. The van der Waals surface area contributed by atoms with Crippen LogP contribution in [0, 0.1) is 0 Å². The van der Waals surface area contributed by atoms with Gasteiger partial charge in [0.2, 0.25) is 0 Å². The lowest BCUT2D eigenvalue weighted by molar-refractivity contribution is -0.708. The minimum atomic E-state index is -0.770. The molecule has 0 unspecified atom stereocenters. The van der Waals surface area contributed by atoms with Crippen LogP contribution in [0.1, 0.15) is 51.9 Å². The van der Waals surface area contributed by atoms with Crippen LogP contribution in [0.25, 0.3) is 0 Å². The smallest absolute Gasteiger partial charge is 0.319 e. The molecular formula is C12H24N3O2+. The Kier molecular flexibility index (Phi) is 5.97. The average Bonchev–Trinajstić information content (AvgIpc) is 2.20. The summed E-state index contributed by atoms with van der Waals surface area (Å²) in [4.78, 5) is 22.1. The van der Waals surface area contributed by atoms with Crippen LogP contribution in [-0.2, 0) is 4.79 Å². The van der Waals surface area contributed by atoms with E-state index in [1.54, 1.807) is 0 Å². The van der Waals surface area contributed by atoms with Crippen molar-refractivity contribution in [1.29, 1.82) is 0 Å². The molecule has 1 atom stereocenters. The molecule has 1 saturated carbocycles. The molecule has 0 heterocycles. The monoisotopic (exact) mass is 242 g/mol. The quantitative estimate of drug-likeness (QED) is 0.662. The van der Waals surface area contributed by atoms with Gasteiger partial charge in [0.1, 0.15) is 0 Å². The maximum absolute atomic E-state index is 11.5. The van der Waals surface area contributed by atoms with Crippen molar-refractivity contribution >= 4 is 11.9 Å². The van der Waals surface area contributed by atoms with Gasteiger partial charge in [-0.2, -0.15) is 0 Å². The Hall–Kier alpha value is -1.10. The number of nitrogens with two attached hydrogens (primary N) is 2. The van der Waals surface area contributed by atoms with Crippen molar-refractivity contribution in [2.75, 3.05) is 0 Å². The van der Waals surface area contributed by atoms with Crippen LogP contribution in [0.3, 0.4) is 0 Å². The lowest BCUT2D eigenvalue weighted by Gasteiger charge is -2.21. The number of carbonyl (C=O) groups is 2. The number of primary amides is 1. The Morgan fingerprint density at radius 1 is 1.18 bits per heavy atom. The molecule has 0 aliphatic heterocycles. The molecular weight excluding hydrogens is 218 g/mol. The van der Waals surface area contributed by atoms with Crippen molar-refractivity contribution < 1.29 is 14.9 Å². The summed E-state index contributed by atoms with van der Waals surface area (Å²) in [6.45, 7) is 1.82. The number of rotatable bonds is 3. The first kappa shape index (κ1) is 14.0. The Morgan fingerprint density at radius 2 is 1.71 bits per heavy atom. The predicted octanol–water partition coefficient (Wildman–Crippen LogP) is 0.246. The van der Waals surface area contributed by atoms with Gasteiger partial charge >= 0.3 is 6.03 Å². The summed E-state index contributed by atoms with van der Waals surface area (Å²) in [7, 11) is 0. The van der Waals surface area contributed by atoms with Gasteiger partial charge in [-0.25, -0.2) is 4.79 Å². The fourth-order valence-corrected chi connectivity index (χ4v) is 2.41. The minimum absolute atomic E-state index is 0.244. The van der Waals surface area contributed by atoms with Crippen molar-refractivity contribution in [2.24, 2.45) is 5.73 Å². The van der Waals surface area contributed by atoms with Gasteiger partial charge in [-0.1, -0.05) is 19.3 Å². The van der Waals surface area contributed by atoms with Gasteiger partial charge in [0.15, 0.2) is 6.04 Å². The number of urea groups is 1. The molecule has 0 aromatic carbocycles. The van der Waals surface area contributed by atoms with E-state index in [4.69, 9.17) is 5.73 Å². The van der Waals surface area contributed by atoms with E-state index >= 15 is 0 Å². The van der Waals surface area contributed by atoms with Crippen molar-refractivity contribution in [3.63, 3.8) is 0 Å². The molecule has 1 aliphatic rings. The van der Waals surface area contributed by atoms with Crippen molar-refractivity contribution in [3.8, 4) is 0 Å². The second-order valence-corrected chi connectivity index (χ2v) is 4.94. The van der Waals surface area contributed by atoms with Gasteiger partial charge < -0.3 is 11.1 Å². The molecule has 17 heavy (non-hydrogen) atoms. The second kappa shape index (κ2) is 7.27. The topological polar surface area (TPSA) is 88.8 Å². The van der Waals surface area contributed by atoms with Crippen LogP contribution in [-0.4, -0.2) is 24.0 Å². The Bertz CT molecular complexity index is 260. The molecule has 3 amide bonds. The fraction of sp³-hybridized carbons (Fsp3) is 0.833. The molecule has 5 nitrogen and oxygen atoms in total. The van der Waals surface area contributed by atoms with E-state index in [1.165, 1.54) is 32.1 Å². The number of nitrogens with one attached hydrogen (secondary N) is 1. The zero-order chi connectivity index (χ0) is 12.7. The molecule has 5 heteroatoms. The highest BCUT2D eigenvalue weighted by Crippen LogP contribution is 2.15. The highest BCUT2D eigenvalue weighted by molar-refractivity contribution is 5.95. The van der Waals surface area contributed by atoms with E-state index in [9.17, 15) is 9.59 Å². The van der Waals surface area contributed by atoms with Crippen molar-refractivity contribution in [2.45, 2.75) is 64.0 Å². The maximum Gasteiger partial charge on any atom is 0.319 e. The molecule has 1 rings (SSSR count). The van der Waals surface area contributed by atoms with Crippen LogP contribution in [0.5, 0.6) is 0 Å². The summed E-state index contributed by atoms with van der Waals surface area (Å²) in [6.07, 6.45) is 8.74. The van der Waals surface area contributed by atoms with E-state index in [0.717, 1.165) is 12.8 Å². The Labute approximate surface area is 103 Å². The summed E-state index contributed by atoms with van der Waals surface area (Å²) in [5.74, 6) is -0.292. The molecule has 1 aliphatic carbocycles. The molecule has 0 aromatic rings. The number of quaternary nitrogens is 1. The van der Waals surface area contributed by atoms with Crippen LogP contribution >= 0.6 is 0 Å². The lowest BCUT2D eigenvalue weighted by Crippen LogP contribution is -2.96. The van der Waals surface area contributed by atoms with Gasteiger partial charge in [0.25, 0.3) is 5.91 Å². The highest BCUT2D eigenvalue weighted by atomic mass is 16.2. The molecule has 0 aromatic heterocycles.